The molecule has 20 heteroatoms. The van der Waals surface area contributed by atoms with Gasteiger partial charge in [-0.3, -0.25) is 24.5 Å². The van der Waals surface area contributed by atoms with E-state index in [9.17, 15) is 25.5 Å². The largest absolute Gasteiger partial charge is 0.493 e. The van der Waals surface area contributed by atoms with Crippen LogP contribution in [0.3, 0.4) is 0 Å². The van der Waals surface area contributed by atoms with Crippen LogP contribution in [-0.4, -0.2) is 217 Å². The van der Waals surface area contributed by atoms with Gasteiger partial charge >= 0.3 is 0 Å². The first-order valence-electron chi connectivity index (χ1n) is 76.3. The standard InChI is InChI=1S/3C20H31NO3.2C19H29NO3/c3*1-20(2,3)11-14-12-21-7-6-13-8-18(23-4)19(24-5)9-15(13)16(21)10-17(14)22;2*1-12(2)7-14-11-20-6-5-13-8-18(22-3)19(23-4)9-15(13)16(20)10-17(14)21/h3*8-9,14,16-17,22H,6-7,10-12H2,1-5H3;2*8-9,12,14,16-17,21H,5-7,10-11H2,1-4H3/i1D3,2D3,5D3,6D2,7D2,8D,9D,10D2,11D2,14D,17D;2*1D3,2D3,6D2,7D2,8D,9D,10D2,11D2,14D,17D;4D3,5D2,6D2,8D,9D,10D2,14D,17D;5D2,6D2,8D,9D,10D2,14D,17D. The van der Waals surface area contributed by atoms with Gasteiger partial charge in [-0.15, -0.1) is 0 Å². The van der Waals surface area contributed by atoms with Gasteiger partial charge in [0.25, 0.3) is 0 Å². The maximum atomic E-state index is 11.5. The molecule has 0 aromatic heterocycles. The normalized spacial score (nSPS) is 51.2. The molecule has 15 atom stereocenters. The molecule has 0 radical (unpaired) electrons. The Kier molecular flexibility index (Phi) is 11.4. The summed E-state index contributed by atoms with van der Waals surface area (Å²) in [5, 5.41) is 56.8. The fraction of sp³-hybridized carbons (Fsp3) is 0.694. The first-order valence-corrected chi connectivity index (χ1v) is 36.3. The fourth-order valence-corrected chi connectivity index (χ4v) is 13.3. The van der Waals surface area contributed by atoms with Gasteiger partial charge in [-0.25, -0.2) is 0 Å². The van der Waals surface area contributed by atoms with E-state index in [0.29, 0.717) is 25.7 Å². The van der Waals surface area contributed by atoms with Crippen molar-refractivity contribution in [3.8, 4) is 57.5 Å². The van der Waals surface area contributed by atoms with Crippen molar-refractivity contribution >= 4 is 0 Å². The number of aliphatic hydroxyl groups is 5. The monoisotopic (exact) mass is 1720 g/mol. The summed E-state index contributed by atoms with van der Waals surface area (Å²) in [7, 11) is 2.08. The van der Waals surface area contributed by atoms with E-state index >= 15 is 0 Å². The van der Waals surface area contributed by atoms with Crippen LogP contribution in [0.5, 0.6) is 57.5 Å². The van der Waals surface area contributed by atoms with Gasteiger partial charge in [-0.05, 0) is 269 Å². The average Bonchev–Trinajstić information content (AvgIpc) is 0.655. The van der Waals surface area contributed by atoms with Gasteiger partial charge in [0.2, 0.25) is 0 Å². The number of benzene rings is 5. The minimum Gasteiger partial charge on any atom is -0.493 e. The summed E-state index contributed by atoms with van der Waals surface area (Å²) < 4.78 is 726. The first-order chi connectivity index (χ1) is 87.3. The number of nitrogens with zero attached hydrogens (tertiary/aromatic N) is 5. The van der Waals surface area contributed by atoms with Gasteiger partial charge in [-0.2, -0.15) is 0 Å². The predicted molar refractivity (Wildman–Crippen MR) is 470 cm³/mol. The quantitative estimate of drug-likeness (QED) is 0.0586. The molecule has 15 rings (SSSR count). The van der Waals surface area contributed by atoms with Crippen molar-refractivity contribution in [2.45, 2.75) is 246 Å². The summed E-state index contributed by atoms with van der Waals surface area (Å²) in [5.41, 5.74) is -18.5. The van der Waals surface area contributed by atoms with Crippen molar-refractivity contribution in [2.24, 2.45) is 57.6 Å². The lowest BCUT2D eigenvalue weighted by molar-refractivity contribution is -0.0259. The molecule has 0 bridgehead atoms. The van der Waals surface area contributed by atoms with Crippen LogP contribution in [0.1, 0.15) is 349 Å². The topological polar surface area (TPSA) is 210 Å². The van der Waals surface area contributed by atoms with Crippen molar-refractivity contribution in [1.29, 1.82) is 0 Å². The van der Waals surface area contributed by atoms with Crippen LogP contribution in [0, 0.1) is 57.6 Å². The van der Waals surface area contributed by atoms with E-state index in [1.807, 2.05) is 0 Å². The molecule has 5 aromatic carbocycles. The molecule has 5 aromatic rings. The van der Waals surface area contributed by atoms with Crippen molar-refractivity contribution in [3.63, 3.8) is 0 Å². The molecular formula is C98H151N5O15. The third kappa shape index (κ3) is 22.2. The molecule has 5 saturated heterocycles. The zero-order valence-corrected chi connectivity index (χ0v) is 67.0. The highest BCUT2D eigenvalue weighted by Gasteiger charge is 2.46. The Morgan fingerprint density at radius 3 is 0.712 bits per heavy atom. The van der Waals surface area contributed by atoms with Crippen LogP contribution in [0.25, 0.3) is 0 Å². The van der Waals surface area contributed by atoms with E-state index in [1.165, 1.54) is 14.2 Å². The number of piperidine rings is 5. The Morgan fingerprint density at radius 1 is 0.339 bits per heavy atom. The second kappa shape index (κ2) is 39.9. The lowest BCUT2D eigenvalue weighted by atomic mass is 9.75. The van der Waals surface area contributed by atoms with Crippen molar-refractivity contribution < 1.29 is 183 Å². The Bertz CT molecular complexity index is 7810. The maximum Gasteiger partial charge on any atom is 0.161 e. The molecule has 0 spiro atoms. The van der Waals surface area contributed by atoms with Crippen molar-refractivity contribution in [2.75, 3.05) is 136 Å². The number of ether oxygens (including phenoxy) is 10. The van der Waals surface area contributed by atoms with Crippen LogP contribution < -0.4 is 47.4 Å². The number of methoxy groups -OCH3 is 10. The molecule has 20 nitrogen and oxygen atoms in total. The molecule has 15 unspecified atom stereocenters. The Hall–Kier alpha value is -6.30. The number of fused-ring (bicyclic) bond motifs is 15. The molecule has 0 amide bonds. The van der Waals surface area contributed by atoms with Gasteiger partial charge in [-0.1, -0.05) is 89.6 Å². The molecule has 10 aliphatic rings. The van der Waals surface area contributed by atoms with Crippen molar-refractivity contribution in [1.82, 2.24) is 24.5 Å². The third-order valence-electron chi connectivity index (χ3n) is 18.3. The van der Waals surface area contributed by atoms with Gasteiger partial charge in [0.15, 0.2) is 57.5 Å². The van der Waals surface area contributed by atoms with Gasteiger partial charge in [0.05, 0.1) is 130 Å². The van der Waals surface area contributed by atoms with Crippen molar-refractivity contribution in [3.05, 3.63) is 116 Å². The van der Waals surface area contributed by atoms with E-state index in [4.69, 9.17) is 157 Å². The number of hydrogen-bond donors (Lipinski definition) is 5. The van der Waals surface area contributed by atoms with E-state index in [-0.39, 0.29) is 50.9 Å². The highest BCUT2D eigenvalue weighted by Crippen LogP contribution is 2.51. The Morgan fingerprint density at radius 2 is 0.525 bits per heavy atom. The van der Waals surface area contributed by atoms with E-state index < -0.39 is 472 Å². The molecule has 5 N–H and O–H groups in total. The first kappa shape index (κ1) is 33.6. The summed E-state index contributed by atoms with van der Waals surface area (Å²) >= 11 is 0. The van der Waals surface area contributed by atoms with Gasteiger partial charge < -0.3 is 72.9 Å². The molecule has 0 aliphatic carbocycles. The lowest BCUT2D eigenvalue weighted by Gasteiger charge is -2.47. The second-order valence-corrected chi connectivity index (χ2v) is 28.7. The Labute approximate surface area is 821 Å². The zero-order valence-electron chi connectivity index (χ0n) is 147. The minimum absolute atomic E-state index is 0.117. The van der Waals surface area contributed by atoms with Crippen LogP contribution in [0.2, 0.25) is 0 Å². The highest BCUT2D eigenvalue weighted by molar-refractivity contribution is 5.54. The molecule has 0 saturated carbocycles. The molecule has 5 fully saturated rings. The summed E-state index contributed by atoms with van der Waals surface area (Å²) in [4.78, 5) is 2.05. The summed E-state index contributed by atoms with van der Waals surface area (Å²) in [6, 6.07) is -19.6. The summed E-state index contributed by atoms with van der Waals surface area (Å²) in [6.07, 6.45) is -64.8. The lowest BCUT2D eigenvalue weighted by Crippen LogP contribution is -2.48. The zero-order chi connectivity index (χ0) is 156. The Balaban J connectivity index is 0.000000228. The van der Waals surface area contributed by atoms with Crippen LogP contribution >= 0.6 is 0 Å². The molecule has 10 heterocycles. The van der Waals surface area contributed by atoms with Crippen LogP contribution in [0.15, 0.2) is 60.4 Å². The second-order valence-electron chi connectivity index (χ2n) is 28.7. The predicted octanol–water partition coefficient (Wildman–Crippen LogP) is 16.3. The summed E-state index contributed by atoms with van der Waals surface area (Å²) in [6.45, 7) is -37.5. The van der Waals surface area contributed by atoms with Gasteiger partial charge in [0, 0.05) is 176 Å². The highest BCUT2D eigenvalue weighted by atomic mass is 16.5. The van der Waals surface area contributed by atoms with E-state index in [0.717, 1.165) is 47.6 Å². The van der Waals surface area contributed by atoms with E-state index in [2.05, 4.69) is 0 Å². The molecule has 658 valence electrons. The average molecular weight is 1720 g/mol. The molecule has 10 aliphatic heterocycles. The number of rotatable bonds is 17. The van der Waals surface area contributed by atoms with Gasteiger partial charge in [0.1, 0.15) is 0 Å². The smallest absolute Gasteiger partial charge is 0.161 e. The van der Waals surface area contributed by atoms with Crippen LogP contribution in [-0.2, 0) is 31.9 Å². The molecule has 118 heavy (non-hydrogen) atoms. The molecular weight excluding hydrogens is 1490 g/mol. The third-order valence-corrected chi connectivity index (χ3v) is 18.3. The summed E-state index contributed by atoms with van der Waals surface area (Å²) in [5.74, 6) is -22.6. The van der Waals surface area contributed by atoms with E-state index in [1.54, 1.807) is 27.7 Å². The maximum absolute atomic E-state index is 11.5. The SMILES string of the molecule is [2H]c1c(OC([2H])([2H])[2H])c(OC)c([2H])c2c1C1N(CC([2H])(C([2H])([2H])C(C)(C([2H])([2H])[2H])C([2H])([2H])[2H])C([2H])(O)C1([2H])[2H])C([2H])([2H])C2([2H])[2H].[2H]c1c(OC([2H])([2H])[2H])c(OC)c([2H])c2c1C1N(CC([2H])(CC(C)C)C([2H])(O)C1([2H])[2H])C([2H])([2H])C2([2H])[2H].[2H]c1c(OC)c(OC)c([2H])c2c1C1N(CC([2H])(C([2H])([2H])C(C)(C([2H])([2H])[2H])C([2H])([2H])[2H])C([2H])(O)C1([2H])[2H])C([2H])([2H])C2([2H])[2H].[2H]c1c(OC)c(OC)c([2H])c2c1C1N(CC([2H])(C([2H])([2H])C(C)(C([2H])([2H])[2H])C([2H])([2H])[2H])C([2H])(O)C1([2H])[2H])C([2H])([2H])C2([2H])[2H].[2H]c1c(OC)c(OC)c([2H])c2c1C1N(CC([2H])(CC(C)C)C([2H])(O)C1([2H])[2H])C([2H])([2H])C2([2H])[2H]. The number of hydrogen-bond acceptors (Lipinski definition) is 20. The minimum atomic E-state index is -4.20. The fourth-order valence-electron chi connectivity index (χ4n) is 13.3. The van der Waals surface area contributed by atoms with Crippen LogP contribution in [0.4, 0.5) is 0 Å².